The van der Waals surface area contributed by atoms with Crippen molar-refractivity contribution in [1.82, 2.24) is 15.2 Å². The second-order valence-electron chi connectivity index (χ2n) is 8.98. The van der Waals surface area contributed by atoms with Crippen LogP contribution in [0.5, 0.6) is 0 Å². The van der Waals surface area contributed by atoms with Crippen molar-refractivity contribution in [3.05, 3.63) is 52.1 Å². The first kappa shape index (κ1) is 27.0. The summed E-state index contributed by atoms with van der Waals surface area (Å²) in [7, 11) is 0. The number of nitrogens with zero attached hydrogens (tertiary/aromatic N) is 1. The van der Waals surface area contributed by atoms with Crippen LogP contribution in [0.3, 0.4) is 0 Å². The van der Waals surface area contributed by atoms with E-state index in [1.54, 1.807) is 26.8 Å². The smallest absolute Gasteiger partial charge is 0.328 e. The number of H-pyrrole nitrogens is 1. The van der Waals surface area contributed by atoms with Gasteiger partial charge in [-0.2, -0.15) is 0 Å². The van der Waals surface area contributed by atoms with Gasteiger partial charge in [0.25, 0.3) is 17.7 Å². The summed E-state index contributed by atoms with van der Waals surface area (Å²) in [5, 5.41) is 14.8. The Morgan fingerprint density at radius 2 is 2.11 bits per heavy atom. The molecule has 0 radical (unpaired) electrons. The van der Waals surface area contributed by atoms with Crippen LogP contribution in [-0.4, -0.2) is 83.7 Å². The van der Waals surface area contributed by atoms with Crippen LogP contribution in [0.25, 0.3) is 11.6 Å². The Labute approximate surface area is 218 Å². The van der Waals surface area contributed by atoms with Crippen molar-refractivity contribution in [2.24, 2.45) is 0 Å². The molecular weight excluding hydrogens is 499 g/mol. The van der Waals surface area contributed by atoms with Crippen molar-refractivity contribution in [3.63, 3.8) is 0 Å². The van der Waals surface area contributed by atoms with E-state index in [1.807, 2.05) is 0 Å². The number of hydrogen-bond donors (Lipinski definition) is 4. The van der Waals surface area contributed by atoms with Gasteiger partial charge in [-0.3, -0.25) is 14.4 Å². The molecule has 0 bridgehead atoms. The number of amides is 3. The summed E-state index contributed by atoms with van der Waals surface area (Å²) in [5.41, 5.74) is 3.10. The van der Waals surface area contributed by atoms with Crippen molar-refractivity contribution < 1.29 is 38.1 Å². The number of carbonyl (C=O) groups excluding carboxylic acids is 3. The molecule has 3 amide bonds. The van der Waals surface area contributed by atoms with Crippen molar-refractivity contribution in [3.8, 4) is 0 Å². The third-order valence-corrected chi connectivity index (χ3v) is 6.54. The summed E-state index contributed by atoms with van der Waals surface area (Å²) in [6, 6.07) is 2.88. The zero-order valence-electron chi connectivity index (χ0n) is 21.2. The van der Waals surface area contributed by atoms with Crippen molar-refractivity contribution in [1.29, 1.82) is 0 Å². The van der Waals surface area contributed by atoms with Crippen LogP contribution in [0.15, 0.2) is 18.2 Å². The topological polar surface area (TPSA) is 150 Å². The minimum Gasteiger partial charge on any atom is -0.480 e. The maximum atomic E-state index is 13.8. The molecule has 1 saturated heterocycles. The molecule has 2 aliphatic rings. The second kappa shape index (κ2) is 11.2. The molecule has 1 aromatic heterocycles. The lowest BCUT2D eigenvalue weighted by Gasteiger charge is -2.35. The summed E-state index contributed by atoms with van der Waals surface area (Å²) in [6.45, 7) is 5.28. The average Bonchev–Trinajstić information content (AvgIpc) is 3.35. The zero-order chi connectivity index (χ0) is 27.6. The summed E-state index contributed by atoms with van der Waals surface area (Å²) >= 11 is 0. The van der Waals surface area contributed by atoms with Crippen LogP contribution in [0.1, 0.15) is 39.8 Å². The molecule has 1 fully saturated rings. The number of fused-ring (bicyclic) bond motifs is 1. The first-order valence-electron chi connectivity index (χ1n) is 12.1. The number of morpholine rings is 1. The molecule has 11 nitrogen and oxygen atoms in total. The number of anilines is 1. The number of aromatic amines is 1. The summed E-state index contributed by atoms with van der Waals surface area (Å²) in [5.74, 6) is -3.06. The van der Waals surface area contributed by atoms with Crippen LogP contribution >= 0.6 is 0 Å². The molecule has 3 heterocycles. The fourth-order valence-electron chi connectivity index (χ4n) is 4.66. The molecule has 202 valence electrons. The van der Waals surface area contributed by atoms with Crippen LogP contribution in [0.2, 0.25) is 0 Å². The van der Waals surface area contributed by atoms with E-state index in [-0.39, 0.29) is 44.4 Å². The molecule has 4 rings (SSSR count). The van der Waals surface area contributed by atoms with Crippen molar-refractivity contribution in [2.75, 3.05) is 38.2 Å². The van der Waals surface area contributed by atoms with Gasteiger partial charge in [0.05, 0.1) is 30.9 Å². The number of aromatic nitrogens is 1. The minimum absolute atomic E-state index is 0.0992. The monoisotopic (exact) mass is 528 g/mol. The van der Waals surface area contributed by atoms with E-state index in [9.17, 15) is 28.7 Å². The number of halogens is 1. The van der Waals surface area contributed by atoms with Gasteiger partial charge in [-0.25, -0.2) is 9.18 Å². The molecule has 4 N–H and O–H groups in total. The molecule has 0 aliphatic carbocycles. The number of carbonyl (C=O) groups is 4. The Morgan fingerprint density at radius 3 is 2.82 bits per heavy atom. The minimum atomic E-state index is -1.18. The van der Waals surface area contributed by atoms with Gasteiger partial charge in [-0.1, -0.05) is 0 Å². The Hall–Kier alpha value is -4.03. The number of benzene rings is 1. The largest absolute Gasteiger partial charge is 0.480 e. The fraction of sp³-hybridized carbons (Fsp3) is 0.385. The number of hydrogen-bond acceptors (Lipinski definition) is 6. The van der Waals surface area contributed by atoms with Crippen LogP contribution < -0.4 is 10.6 Å². The lowest BCUT2D eigenvalue weighted by atomic mass is 10.0. The number of rotatable bonds is 8. The molecule has 12 heteroatoms. The Bertz CT molecular complexity index is 1320. The van der Waals surface area contributed by atoms with Gasteiger partial charge in [0.15, 0.2) is 12.1 Å². The Balaban J connectivity index is 1.52. The molecule has 38 heavy (non-hydrogen) atoms. The van der Waals surface area contributed by atoms with Crippen LogP contribution in [0, 0.1) is 19.7 Å². The SMILES string of the molecule is CCOC(CNC(=O)c1c(C)[nH]c(/C=C2\C(=O)Nc3ccc(F)cc32)c1C)C(=O)N1CCOCC1C(=O)O. The predicted octanol–water partition coefficient (Wildman–Crippen LogP) is 1.71. The van der Waals surface area contributed by atoms with E-state index in [4.69, 9.17) is 9.47 Å². The van der Waals surface area contributed by atoms with Gasteiger partial charge < -0.3 is 35.1 Å². The first-order valence-corrected chi connectivity index (χ1v) is 12.1. The zero-order valence-corrected chi connectivity index (χ0v) is 21.2. The second-order valence-corrected chi connectivity index (χ2v) is 8.98. The van der Waals surface area contributed by atoms with Crippen LogP contribution in [0.4, 0.5) is 10.1 Å². The molecule has 1 aromatic carbocycles. The van der Waals surface area contributed by atoms with E-state index in [1.165, 1.54) is 23.1 Å². The van der Waals surface area contributed by atoms with E-state index in [0.29, 0.717) is 33.8 Å². The highest BCUT2D eigenvalue weighted by atomic mass is 19.1. The number of ether oxygens (including phenoxy) is 2. The maximum Gasteiger partial charge on any atom is 0.328 e. The molecule has 0 spiro atoms. The fourth-order valence-corrected chi connectivity index (χ4v) is 4.66. The molecule has 2 aliphatic heterocycles. The summed E-state index contributed by atoms with van der Waals surface area (Å²) < 4.78 is 24.5. The third-order valence-electron chi connectivity index (χ3n) is 6.54. The van der Waals surface area contributed by atoms with E-state index in [2.05, 4.69) is 15.6 Å². The standard InChI is InChI=1S/C26H29FN4O7/c1-4-38-21(25(34)31-7-8-37-12-20(31)26(35)36)11-28-24(33)22-13(2)19(29-14(22)3)10-17-16-9-15(27)5-6-18(16)30-23(17)32/h5-6,9-10,20-21,29H,4,7-8,11-12H2,1-3H3,(H,28,33)(H,30,32)(H,35,36)/b17-10-. The quantitative estimate of drug-likeness (QED) is 0.381. The third kappa shape index (κ3) is 5.31. The number of nitrogens with one attached hydrogen (secondary N) is 3. The van der Waals surface area contributed by atoms with Crippen molar-refractivity contribution in [2.45, 2.75) is 32.9 Å². The highest BCUT2D eigenvalue weighted by Gasteiger charge is 2.37. The molecule has 2 unspecified atom stereocenters. The molecule has 2 aromatic rings. The highest BCUT2D eigenvalue weighted by molar-refractivity contribution is 6.34. The van der Waals surface area contributed by atoms with E-state index in [0.717, 1.165) is 0 Å². The number of carboxylic acids is 1. The number of aliphatic carboxylic acids is 1. The van der Waals surface area contributed by atoms with Gasteiger partial charge >= 0.3 is 5.97 Å². The van der Waals surface area contributed by atoms with Gasteiger partial charge in [0.2, 0.25) is 0 Å². The first-order chi connectivity index (χ1) is 18.1. The number of carboxylic acid groups (broad SMARTS) is 1. The molecule has 0 saturated carbocycles. The summed E-state index contributed by atoms with van der Waals surface area (Å²) in [6.07, 6.45) is 0.482. The number of aryl methyl sites for hydroxylation is 1. The maximum absolute atomic E-state index is 13.8. The summed E-state index contributed by atoms with van der Waals surface area (Å²) in [4.78, 5) is 54.6. The van der Waals surface area contributed by atoms with Gasteiger partial charge in [-0.05, 0) is 50.6 Å². The van der Waals surface area contributed by atoms with Gasteiger partial charge in [-0.15, -0.1) is 0 Å². The van der Waals surface area contributed by atoms with E-state index >= 15 is 0 Å². The Morgan fingerprint density at radius 1 is 1.34 bits per heavy atom. The van der Waals surface area contributed by atoms with Gasteiger partial charge in [0.1, 0.15) is 5.82 Å². The van der Waals surface area contributed by atoms with E-state index < -0.39 is 35.7 Å². The van der Waals surface area contributed by atoms with Crippen LogP contribution in [-0.2, 0) is 23.9 Å². The lowest BCUT2D eigenvalue weighted by molar-refractivity contribution is -0.164. The lowest BCUT2D eigenvalue weighted by Crippen LogP contribution is -2.57. The average molecular weight is 529 g/mol. The normalized spacial score (nSPS) is 18.7. The highest BCUT2D eigenvalue weighted by Crippen LogP contribution is 2.34. The molecule has 2 atom stereocenters. The van der Waals surface area contributed by atoms with Crippen molar-refractivity contribution >= 4 is 41.0 Å². The Kier molecular flexibility index (Phi) is 7.93. The molecular formula is C26H29FN4O7. The van der Waals surface area contributed by atoms with Gasteiger partial charge in [0, 0.05) is 35.8 Å². The predicted molar refractivity (Wildman–Crippen MR) is 135 cm³/mol.